The summed E-state index contributed by atoms with van der Waals surface area (Å²) in [4.78, 5) is 4.39. The maximum absolute atomic E-state index is 9.56. The summed E-state index contributed by atoms with van der Waals surface area (Å²) in [6.45, 7) is 3.78. The lowest BCUT2D eigenvalue weighted by atomic mass is 9.85. The SMILES string of the molecule is CCC(c1nc(C2CCC2)no1)C(C)O. The number of aromatic nitrogens is 2. The summed E-state index contributed by atoms with van der Waals surface area (Å²) in [6, 6.07) is 0. The second-order valence-electron chi connectivity index (χ2n) is 4.37. The van der Waals surface area contributed by atoms with Crippen molar-refractivity contribution in [2.75, 3.05) is 0 Å². The first-order chi connectivity index (χ1) is 7.22. The van der Waals surface area contributed by atoms with Gasteiger partial charge in [-0.15, -0.1) is 0 Å². The van der Waals surface area contributed by atoms with Gasteiger partial charge in [-0.1, -0.05) is 18.5 Å². The van der Waals surface area contributed by atoms with Crippen LogP contribution in [0.2, 0.25) is 0 Å². The van der Waals surface area contributed by atoms with Crippen LogP contribution in [0.15, 0.2) is 4.52 Å². The molecule has 4 nitrogen and oxygen atoms in total. The molecule has 1 N–H and O–H groups in total. The van der Waals surface area contributed by atoms with Gasteiger partial charge in [0.2, 0.25) is 5.89 Å². The van der Waals surface area contributed by atoms with Crippen LogP contribution >= 0.6 is 0 Å². The third-order valence-corrected chi connectivity index (χ3v) is 3.27. The Morgan fingerprint density at radius 2 is 2.27 bits per heavy atom. The fourth-order valence-electron chi connectivity index (χ4n) is 1.95. The molecule has 1 aromatic heterocycles. The minimum Gasteiger partial charge on any atom is -0.393 e. The van der Waals surface area contributed by atoms with E-state index in [1.54, 1.807) is 6.92 Å². The lowest BCUT2D eigenvalue weighted by molar-refractivity contribution is 0.141. The summed E-state index contributed by atoms with van der Waals surface area (Å²) in [5.41, 5.74) is 0. The lowest BCUT2D eigenvalue weighted by Gasteiger charge is -2.21. The van der Waals surface area contributed by atoms with Crippen molar-refractivity contribution < 1.29 is 9.63 Å². The fraction of sp³-hybridized carbons (Fsp3) is 0.818. The minimum atomic E-state index is -0.426. The molecule has 2 rings (SSSR count). The molecule has 1 aliphatic rings. The number of aliphatic hydroxyl groups is 1. The van der Waals surface area contributed by atoms with E-state index in [1.807, 2.05) is 6.92 Å². The normalized spacial score (nSPS) is 21.0. The van der Waals surface area contributed by atoms with Gasteiger partial charge in [-0.25, -0.2) is 0 Å². The van der Waals surface area contributed by atoms with E-state index in [9.17, 15) is 5.11 Å². The summed E-state index contributed by atoms with van der Waals surface area (Å²) in [5, 5.41) is 13.5. The van der Waals surface area contributed by atoms with Crippen molar-refractivity contribution in [2.45, 2.75) is 57.5 Å². The topological polar surface area (TPSA) is 59.2 Å². The highest BCUT2D eigenvalue weighted by molar-refractivity contribution is 5.03. The highest BCUT2D eigenvalue weighted by atomic mass is 16.5. The van der Waals surface area contributed by atoms with Crippen molar-refractivity contribution in [3.05, 3.63) is 11.7 Å². The van der Waals surface area contributed by atoms with Gasteiger partial charge in [-0.3, -0.25) is 0 Å². The molecule has 0 radical (unpaired) electrons. The first-order valence-electron chi connectivity index (χ1n) is 5.74. The Morgan fingerprint density at radius 1 is 1.53 bits per heavy atom. The van der Waals surface area contributed by atoms with Crippen molar-refractivity contribution in [3.8, 4) is 0 Å². The predicted molar refractivity (Wildman–Crippen MR) is 55.6 cm³/mol. The summed E-state index contributed by atoms with van der Waals surface area (Å²) < 4.78 is 5.21. The van der Waals surface area contributed by atoms with Crippen LogP contribution in [0.3, 0.4) is 0 Å². The van der Waals surface area contributed by atoms with Gasteiger partial charge in [-0.05, 0) is 26.2 Å². The molecule has 0 bridgehead atoms. The molecular weight excluding hydrogens is 192 g/mol. The number of nitrogens with zero attached hydrogens (tertiary/aromatic N) is 2. The molecule has 0 saturated heterocycles. The van der Waals surface area contributed by atoms with E-state index < -0.39 is 6.10 Å². The Hall–Kier alpha value is -0.900. The Kier molecular flexibility index (Phi) is 3.05. The molecule has 1 aromatic rings. The Morgan fingerprint density at radius 3 is 2.73 bits per heavy atom. The second kappa shape index (κ2) is 4.31. The van der Waals surface area contributed by atoms with Crippen LogP contribution < -0.4 is 0 Å². The molecule has 0 aromatic carbocycles. The number of rotatable bonds is 4. The standard InChI is InChI=1S/C11H18N2O2/c1-3-9(7(2)14)11-12-10(13-15-11)8-5-4-6-8/h7-9,14H,3-6H2,1-2H3. The molecule has 1 fully saturated rings. The van der Waals surface area contributed by atoms with Crippen molar-refractivity contribution >= 4 is 0 Å². The molecule has 15 heavy (non-hydrogen) atoms. The Balaban J connectivity index is 2.10. The van der Waals surface area contributed by atoms with E-state index in [0.717, 1.165) is 12.2 Å². The third kappa shape index (κ3) is 2.04. The van der Waals surface area contributed by atoms with Crippen LogP contribution in [0.1, 0.15) is 63.1 Å². The van der Waals surface area contributed by atoms with E-state index in [1.165, 1.54) is 19.3 Å². The fourth-order valence-corrected chi connectivity index (χ4v) is 1.95. The van der Waals surface area contributed by atoms with Gasteiger partial charge >= 0.3 is 0 Å². The maximum atomic E-state index is 9.56. The molecule has 1 saturated carbocycles. The van der Waals surface area contributed by atoms with Gasteiger partial charge in [0, 0.05) is 5.92 Å². The van der Waals surface area contributed by atoms with E-state index >= 15 is 0 Å². The van der Waals surface area contributed by atoms with Crippen LogP contribution in [0, 0.1) is 0 Å². The molecular formula is C11H18N2O2. The quantitative estimate of drug-likeness (QED) is 0.827. The highest BCUT2D eigenvalue weighted by Gasteiger charge is 2.27. The molecule has 1 aliphatic carbocycles. The average Bonchev–Trinajstić information content (AvgIpc) is 2.51. The predicted octanol–water partition coefficient (Wildman–Crippen LogP) is 2.21. The number of hydrogen-bond acceptors (Lipinski definition) is 4. The molecule has 84 valence electrons. The zero-order valence-electron chi connectivity index (χ0n) is 9.31. The zero-order valence-corrected chi connectivity index (χ0v) is 9.31. The lowest BCUT2D eigenvalue weighted by Crippen LogP contribution is -2.15. The van der Waals surface area contributed by atoms with Gasteiger partial charge in [0.15, 0.2) is 5.82 Å². The number of hydrogen-bond donors (Lipinski definition) is 1. The van der Waals surface area contributed by atoms with Crippen molar-refractivity contribution in [1.82, 2.24) is 10.1 Å². The first-order valence-corrected chi connectivity index (χ1v) is 5.74. The molecule has 0 spiro atoms. The zero-order chi connectivity index (χ0) is 10.8. The average molecular weight is 210 g/mol. The number of aliphatic hydroxyl groups excluding tert-OH is 1. The van der Waals surface area contributed by atoms with E-state index in [4.69, 9.17) is 4.52 Å². The molecule has 4 heteroatoms. The summed E-state index contributed by atoms with van der Waals surface area (Å²) in [5.74, 6) is 1.89. The van der Waals surface area contributed by atoms with Crippen LogP contribution in [0.25, 0.3) is 0 Å². The van der Waals surface area contributed by atoms with E-state index in [2.05, 4.69) is 10.1 Å². The largest absolute Gasteiger partial charge is 0.393 e. The van der Waals surface area contributed by atoms with Crippen molar-refractivity contribution in [1.29, 1.82) is 0 Å². The highest BCUT2D eigenvalue weighted by Crippen LogP contribution is 2.35. The van der Waals surface area contributed by atoms with E-state index in [0.29, 0.717) is 11.8 Å². The second-order valence-corrected chi connectivity index (χ2v) is 4.37. The summed E-state index contributed by atoms with van der Waals surface area (Å²) >= 11 is 0. The molecule has 2 unspecified atom stereocenters. The van der Waals surface area contributed by atoms with Crippen LogP contribution in [-0.4, -0.2) is 21.4 Å². The van der Waals surface area contributed by atoms with Crippen molar-refractivity contribution in [2.24, 2.45) is 0 Å². The van der Waals surface area contributed by atoms with Gasteiger partial charge < -0.3 is 9.63 Å². The summed E-state index contributed by atoms with van der Waals surface area (Å²) in [7, 11) is 0. The van der Waals surface area contributed by atoms with Gasteiger partial charge in [0.25, 0.3) is 0 Å². The third-order valence-electron chi connectivity index (χ3n) is 3.27. The molecule has 1 heterocycles. The van der Waals surface area contributed by atoms with E-state index in [-0.39, 0.29) is 5.92 Å². The van der Waals surface area contributed by atoms with Gasteiger partial charge in [-0.2, -0.15) is 4.98 Å². The van der Waals surface area contributed by atoms with Gasteiger partial charge in [0.05, 0.1) is 12.0 Å². The van der Waals surface area contributed by atoms with Crippen LogP contribution in [0.4, 0.5) is 0 Å². The minimum absolute atomic E-state index is 0.0219. The Labute approximate surface area is 89.7 Å². The van der Waals surface area contributed by atoms with Crippen LogP contribution in [-0.2, 0) is 0 Å². The van der Waals surface area contributed by atoms with Crippen LogP contribution in [0.5, 0.6) is 0 Å². The van der Waals surface area contributed by atoms with Gasteiger partial charge in [0.1, 0.15) is 0 Å². The molecule has 0 aliphatic heterocycles. The Bertz CT molecular complexity index is 318. The maximum Gasteiger partial charge on any atom is 0.232 e. The molecule has 2 atom stereocenters. The first kappa shape index (κ1) is 10.6. The summed E-state index contributed by atoms with van der Waals surface area (Å²) in [6.07, 6.45) is 4.01. The monoisotopic (exact) mass is 210 g/mol. The smallest absolute Gasteiger partial charge is 0.232 e. The molecule has 0 amide bonds. The van der Waals surface area contributed by atoms with Crippen molar-refractivity contribution in [3.63, 3.8) is 0 Å².